The van der Waals surface area contributed by atoms with Crippen molar-refractivity contribution in [1.29, 1.82) is 5.26 Å². The highest BCUT2D eigenvalue weighted by Gasteiger charge is 2.25. The number of nitrogens with zero attached hydrogens (tertiary/aromatic N) is 2. The number of benzene rings is 1. The van der Waals surface area contributed by atoms with Gasteiger partial charge in [-0.1, -0.05) is 6.07 Å². The van der Waals surface area contributed by atoms with Crippen LogP contribution in [0.25, 0.3) is 5.88 Å². The van der Waals surface area contributed by atoms with Crippen LogP contribution in [0, 0.1) is 25.2 Å². The minimum absolute atomic E-state index is 0.0424. The highest BCUT2D eigenvalue weighted by atomic mass is 16.4. The summed E-state index contributed by atoms with van der Waals surface area (Å²) in [5.74, 6) is 0.0739. The highest BCUT2D eigenvalue weighted by molar-refractivity contribution is 6.07. The molecular weight excluding hydrogens is 306 g/mol. The maximum absolute atomic E-state index is 12.6. The van der Waals surface area contributed by atoms with Crippen molar-refractivity contribution < 1.29 is 14.3 Å². The van der Waals surface area contributed by atoms with Crippen molar-refractivity contribution in [2.45, 2.75) is 13.8 Å². The number of anilines is 1. The molecule has 0 unspecified atom stereocenters. The molecule has 0 fully saturated rings. The quantitative estimate of drug-likeness (QED) is 0.722. The second-order valence-electron chi connectivity index (χ2n) is 5.39. The van der Waals surface area contributed by atoms with Crippen molar-refractivity contribution >= 4 is 11.6 Å². The summed E-state index contributed by atoms with van der Waals surface area (Å²) < 4.78 is 7.24. The highest BCUT2D eigenvalue weighted by Crippen LogP contribution is 2.29. The molecule has 0 bridgehead atoms. The average molecular weight is 321 g/mol. The molecule has 0 saturated heterocycles. The molecule has 0 aliphatic heterocycles. The number of carbonyl (C=O) groups excluding carboxylic acids is 1. The van der Waals surface area contributed by atoms with Gasteiger partial charge in [0.2, 0.25) is 5.88 Å². The van der Waals surface area contributed by atoms with Crippen molar-refractivity contribution in [3.63, 3.8) is 0 Å². The predicted molar refractivity (Wildman–Crippen MR) is 88.3 cm³/mol. The van der Waals surface area contributed by atoms with Gasteiger partial charge in [-0.25, -0.2) is 0 Å². The number of amides is 1. The van der Waals surface area contributed by atoms with Gasteiger partial charge >= 0.3 is 0 Å². The Morgan fingerprint density at radius 2 is 2.00 bits per heavy atom. The van der Waals surface area contributed by atoms with Crippen LogP contribution in [-0.4, -0.2) is 15.6 Å². The van der Waals surface area contributed by atoms with E-state index in [9.17, 15) is 15.2 Å². The predicted octanol–water partition coefficient (Wildman–Crippen LogP) is 3.52. The number of phenolic OH excluding ortho intramolecular Hbond substituents is 1. The Balaban J connectivity index is 2.02. The Labute approximate surface area is 138 Å². The lowest BCUT2D eigenvalue weighted by Crippen LogP contribution is -2.14. The van der Waals surface area contributed by atoms with Crippen LogP contribution in [0.1, 0.15) is 27.2 Å². The van der Waals surface area contributed by atoms with Crippen molar-refractivity contribution in [2.24, 2.45) is 0 Å². The Hall–Kier alpha value is -3.46. The maximum atomic E-state index is 12.6. The largest absolute Gasteiger partial charge is 0.506 e. The summed E-state index contributed by atoms with van der Waals surface area (Å²) >= 11 is 0. The Morgan fingerprint density at radius 1 is 1.29 bits per heavy atom. The van der Waals surface area contributed by atoms with Gasteiger partial charge in [-0.05, 0) is 43.7 Å². The van der Waals surface area contributed by atoms with Gasteiger partial charge in [0.15, 0.2) is 0 Å². The number of furan rings is 1. The third kappa shape index (κ3) is 2.63. The zero-order valence-electron chi connectivity index (χ0n) is 13.2. The lowest BCUT2D eigenvalue weighted by atomic mass is 10.1. The van der Waals surface area contributed by atoms with Crippen LogP contribution in [0.4, 0.5) is 5.69 Å². The summed E-state index contributed by atoms with van der Waals surface area (Å²) in [5, 5.41) is 22.0. The zero-order chi connectivity index (χ0) is 17.3. The monoisotopic (exact) mass is 321 g/mol. The van der Waals surface area contributed by atoms with Crippen LogP contribution in [-0.2, 0) is 0 Å². The molecule has 0 saturated carbocycles. The summed E-state index contributed by atoms with van der Waals surface area (Å²) in [6, 6.07) is 10.5. The van der Waals surface area contributed by atoms with Gasteiger partial charge < -0.3 is 14.8 Å². The van der Waals surface area contributed by atoms with Crippen LogP contribution >= 0.6 is 0 Å². The standard InChI is InChI=1S/C18H15N3O3/c1-11-5-6-15(22)14(9-11)20-17(23)16-12(2)24-18(13(16)10-19)21-7-3-4-8-21/h3-9,22H,1-2H3,(H,20,23). The fourth-order valence-corrected chi connectivity index (χ4v) is 2.49. The second-order valence-corrected chi connectivity index (χ2v) is 5.39. The Kier molecular flexibility index (Phi) is 3.84. The van der Waals surface area contributed by atoms with Crippen molar-refractivity contribution in [2.75, 3.05) is 5.32 Å². The van der Waals surface area contributed by atoms with E-state index in [-0.39, 0.29) is 22.6 Å². The molecule has 0 spiro atoms. The Bertz CT molecular complexity index is 947. The molecule has 0 radical (unpaired) electrons. The van der Waals surface area contributed by atoms with Crippen LogP contribution in [0.2, 0.25) is 0 Å². The lowest BCUT2D eigenvalue weighted by Gasteiger charge is -2.08. The van der Waals surface area contributed by atoms with E-state index in [4.69, 9.17) is 4.42 Å². The zero-order valence-corrected chi connectivity index (χ0v) is 13.2. The number of phenols is 1. The summed E-state index contributed by atoms with van der Waals surface area (Å²) in [6.07, 6.45) is 3.46. The number of hydrogen-bond acceptors (Lipinski definition) is 4. The van der Waals surface area contributed by atoms with E-state index in [1.165, 1.54) is 6.07 Å². The molecule has 1 aromatic carbocycles. The third-order valence-corrected chi connectivity index (χ3v) is 3.64. The molecule has 0 aliphatic carbocycles. The number of carbonyl (C=O) groups is 1. The second kappa shape index (κ2) is 5.97. The van der Waals surface area contributed by atoms with Gasteiger partial charge in [-0.15, -0.1) is 0 Å². The van der Waals surface area contributed by atoms with Gasteiger partial charge in [-0.3, -0.25) is 9.36 Å². The van der Waals surface area contributed by atoms with E-state index in [1.807, 2.05) is 13.0 Å². The van der Waals surface area contributed by atoms with E-state index in [1.54, 1.807) is 48.1 Å². The SMILES string of the molecule is Cc1ccc(O)c(NC(=O)c2c(C)oc(-n3cccc3)c2C#N)c1. The van der Waals surface area contributed by atoms with Gasteiger partial charge in [0, 0.05) is 12.4 Å². The molecular formula is C18H15N3O3. The number of nitriles is 1. The van der Waals surface area contributed by atoms with Crippen LogP contribution in [0.5, 0.6) is 5.75 Å². The molecule has 6 nitrogen and oxygen atoms in total. The minimum atomic E-state index is -0.507. The van der Waals surface area contributed by atoms with Gasteiger partial charge in [0.1, 0.15) is 28.7 Å². The summed E-state index contributed by atoms with van der Waals surface area (Å²) in [5.41, 5.74) is 1.48. The van der Waals surface area contributed by atoms with Gasteiger partial charge in [-0.2, -0.15) is 5.26 Å². The molecule has 1 amide bonds. The molecule has 24 heavy (non-hydrogen) atoms. The summed E-state index contributed by atoms with van der Waals surface area (Å²) in [6.45, 7) is 3.47. The molecule has 2 heterocycles. The topological polar surface area (TPSA) is 91.2 Å². The van der Waals surface area contributed by atoms with Gasteiger partial charge in [0.25, 0.3) is 5.91 Å². The van der Waals surface area contributed by atoms with Crippen LogP contribution in [0.15, 0.2) is 47.1 Å². The first kappa shape index (κ1) is 15.4. The molecule has 6 heteroatoms. The lowest BCUT2D eigenvalue weighted by molar-refractivity contribution is 0.102. The number of aromatic nitrogens is 1. The first-order valence-electron chi connectivity index (χ1n) is 7.29. The van der Waals surface area contributed by atoms with Crippen LogP contribution in [0.3, 0.4) is 0 Å². The first-order valence-corrected chi connectivity index (χ1v) is 7.29. The number of rotatable bonds is 3. The Morgan fingerprint density at radius 3 is 2.67 bits per heavy atom. The molecule has 2 N–H and O–H groups in total. The molecule has 3 aromatic rings. The minimum Gasteiger partial charge on any atom is -0.506 e. The summed E-state index contributed by atoms with van der Waals surface area (Å²) in [7, 11) is 0. The number of aromatic hydroxyl groups is 1. The van der Waals surface area contributed by atoms with Crippen LogP contribution < -0.4 is 5.32 Å². The van der Waals surface area contributed by atoms with E-state index < -0.39 is 5.91 Å². The van der Waals surface area contributed by atoms with Crippen molar-refractivity contribution in [3.8, 4) is 17.7 Å². The molecule has 2 aromatic heterocycles. The van der Waals surface area contributed by atoms with E-state index >= 15 is 0 Å². The fraction of sp³-hybridized carbons (Fsp3) is 0.111. The maximum Gasteiger partial charge on any atom is 0.260 e. The molecule has 120 valence electrons. The first-order chi connectivity index (χ1) is 11.5. The number of hydrogen-bond donors (Lipinski definition) is 2. The molecule has 3 rings (SSSR count). The van der Waals surface area contributed by atoms with Crippen molar-refractivity contribution in [1.82, 2.24) is 4.57 Å². The smallest absolute Gasteiger partial charge is 0.260 e. The number of nitrogens with one attached hydrogen (secondary N) is 1. The average Bonchev–Trinajstić information content (AvgIpc) is 3.17. The summed E-state index contributed by atoms with van der Waals surface area (Å²) in [4.78, 5) is 12.6. The number of aryl methyl sites for hydroxylation is 2. The van der Waals surface area contributed by atoms with Crippen molar-refractivity contribution in [3.05, 3.63) is 65.2 Å². The normalized spacial score (nSPS) is 10.4. The van der Waals surface area contributed by atoms with E-state index in [0.717, 1.165) is 5.56 Å². The fourth-order valence-electron chi connectivity index (χ4n) is 2.49. The van der Waals surface area contributed by atoms with E-state index in [2.05, 4.69) is 5.32 Å². The van der Waals surface area contributed by atoms with Gasteiger partial charge in [0.05, 0.1) is 5.69 Å². The molecule has 0 aliphatic rings. The molecule has 0 atom stereocenters. The van der Waals surface area contributed by atoms with E-state index in [0.29, 0.717) is 11.6 Å². The third-order valence-electron chi connectivity index (χ3n) is 3.64.